The molecule has 0 aliphatic heterocycles. The first-order chi connectivity index (χ1) is 12.8. The lowest BCUT2D eigenvalue weighted by molar-refractivity contribution is 0.117. The Morgan fingerprint density at radius 2 is 1.56 bits per heavy atom. The monoisotopic (exact) mass is 378 g/mol. The zero-order chi connectivity index (χ0) is 19.9. The van der Waals surface area contributed by atoms with Crippen LogP contribution in [0.2, 0.25) is 5.04 Å². The number of hydrogen-bond donors (Lipinski definition) is 1. The van der Waals surface area contributed by atoms with Crippen LogP contribution in [0.4, 0.5) is 0 Å². The first-order valence-corrected chi connectivity index (χ1v) is 11.3. The highest BCUT2D eigenvalue weighted by atomic mass is 28.4. The summed E-state index contributed by atoms with van der Waals surface area (Å²) >= 11 is 0. The molecule has 2 aromatic rings. The lowest BCUT2D eigenvalue weighted by atomic mass is 10.1. The molecule has 27 heavy (non-hydrogen) atoms. The highest BCUT2D eigenvalue weighted by Gasteiger charge is 2.51. The minimum atomic E-state index is -2.67. The van der Waals surface area contributed by atoms with Crippen molar-refractivity contribution in [2.75, 3.05) is 0 Å². The minimum absolute atomic E-state index is 0.123. The normalized spacial score (nSPS) is 14.2. The molecule has 0 saturated heterocycles. The van der Waals surface area contributed by atoms with Crippen molar-refractivity contribution in [2.24, 2.45) is 0 Å². The van der Waals surface area contributed by atoms with E-state index in [9.17, 15) is 5.11 Å². The highest BCUT2D eigenvalue weighted by Crippen LogP contribution is 2.38. The standard InChI is InChI=1S/C24H30O2Si/c1-6-14-21(19-20(25)7-2)26-27(24(3,4)5,22-15-10-8-11-16-22)23-17-12-9-13-18-23/h1,7-13,15-18,20-21,25H,2,14,19H2,3-5H3/t20-,21-/m1/s1. The topological polar surface area (TPSA) is 29.5 Å². The van der Waals surface area contributed by atoms with Gasteiger partial charge in [-0.1, -0.05) is 87.5 Å². The molecular weight excluding hydrogens is 348 g/mol. The maximum absolute atomic E-state index is 10.1. The summed E-state index contributed by atoms with van der Waals surface area (Å²) in [6, 6.07) is 20.9. The van der Waals surface area contributed by atoms with Crippen LogP contribution in [0.5, 0.6) is 0 Å². The number of aliphatic hydroxyl groups is 1. The molecule has 0 aromatic heterocycles. The van der Waals surface area contributed by atoms with Gasteiger partial charge >= 0.3 is 0 Å². The van der Waals surface area contributed by atoms with Gasteiger partial charge in [-0.2, -0.15) is 0 Å². The molecular formula is C24H30O2Si. The Labute approximate surface area is 165 Å². The van der Waals surface area contributed by atoms with Gasteiger partial charge in [0, 0.05) is 12.8 Å². The van der Waals surface area contributed by atoms with E-state index in [0.29, 0.717) is 12.8 Å². The van der Waals surface area contributed by atoms with Gasteiger partial charge < -0.3 is 9.53 Å². The van der Waals surface area contributed by atoms with Crippen LogP contribution in [0, 0.1) is 12.3 Å². The zero-order valence-electron chi connectivity index (χ0n) is 16.6. The zero-order valence-corrected chi connectivity index (χ0v) is 17.6. The van der Waals surface area contributed by atoms with E-state index in [1.807, 2.05) is 12.1 Å². The summed E-state index contributed by atoms with van der Waals surface area (Å²) in [5, 5.41) is 12.4. The van der Waals surface area contributed by atoms with E-state index in [0.717, 1.165) is 0 Å². The lowest BCUT2D eigenvalue weighted by Crippen LogP contribution is -2.67. The molecule has 2 nitrogen and oxygen atoms in total. The first kappa shape index (κ1) is 21.2. The largest absolute Gasteiger partial charge is 0.403 e. The Bertz CT molecular complexity index is 717. The number of hydrogen-bond acceptors (Lipinski definition) is 2. The molecule has 0 aliphatic rings. The number of rotatable bonds is 8. The van der Waals surface area contributed by atoms with Crippen LogP contribution >= 0.6 is 0 Å². The van der Waals surface area contributed by atoms with Gasteiger partial charge in [0.2, 0.25) is 0 Å². The molecule has 2 rings (SSSR count). The van der Waals surface area contributed by atoms with Crippen molar-refractivity contribution >= 4 is 18.7 Å². The van der Waals surface area contributed by atoms with Crippen LogP contribution in [0.15, 0.2) is 73.3 Å². The Morgan fingerprint density at radius 1 is 1.07 bits per heavy atom. The molecule has 0 bridgehead atoms. The van der Waals surface area contributed by atoms with Crippen LogP contribution in [-0.2, 0) is 4.43 Å². The summed E-state index contributed by atoms with van der Waals surface area (Å²) in [6.07, 6.45) is 7.19. The predicted molar refractivity (Wildman–Crippen MR) is 117 cm³/mol. The van der Waals surface area contributed by atoms with Gasteiger partial charge in [0.05, 0.1) is 12.2 Å². The molecule has 0 spiro atoms. The van der Waals surface area contributed by atoms with E-state index in [1.54, 1.807) is 0 Å². The predicted octanol–water partition coefficient (Wildman–Crippen LogP) is 3.89. The fraction of sp³-hybridized carbons (Fsp3) is 0.333. The molecule has 0 fully saturated rings. The maximum atomic E-state index is 10.1. The molecule has 0 heterocycles. The molecule has 0 aliphatic carbocycles. The van der Waals surface area contributed by atoms with Crippen molar-refractivity contribution in [3.8, 4) is 12.3 Å². The summed E-state index contributed by atoms with van der Waals surface area (Å²) in [5.41, 5.74) is 0. The van der Waals surface area contributed by atoms with E-state index in [1.165, 1.54) is 16.4 Å². The Morgan fingerprint density at radius 3 is 1.93 bits per heavy atom. The molecule has 142 valence electrons. The van der Waals surface area contributed by atoms with Crippen molar-refractivity contribution in [3.63, 3.8) is 0 Å². The van der Waals surface area contributed by atoms with Gasteiger partial charge in [0.1, 0.15) is 0 Å². The van der Waals surface area contributed by atoms with E-state index in [4.69, 9.17) is 10.8 Å². The van der Waals surface area contributed by atoms with Gasteiger partial charge in [0.15, 0.2) is 0 Å². The van der Waals surface area contributed by atoms with E-state index >= 15 is 0 Å². The van der Waals surface area contributed by atoms with Crippen molar-refractivity contribution in [2.45, 2.75) is 50.9 Å². The van der Waals surface area contributed by atoms with Gasteiger partial charge in [0.25, 0.3) is 8.32 Å². The number of benzene rings is 2. The summed E-state index contributed by atoms with van der Waals surface area (Å²) in [7, 11) is -2.67. The Hall–Kier alpha value is -2.12. The molecule has 0 radical (unpaired) electrons. The Balaban J connectivity index is 2.64. The van der Waals surface area contributed by atoms with Crippen molar-refractivity contribution < 1.29 is 9.53 Å². The fourth-order valence-electron chi connectivity index (χ4n) is 3.61. The third-order valence-electron chi connectivity index (χ3n) is 4.88. The second-order valence-corrected chi connectivity index (χ2v) is 12.1. The third-order valence-corrected chi connectivity index (χ3v) is 9.97. The van der Waals surface area contributed by atoms with Gasteiger partial charge in [-0.05, 0) is 15.4 Å². The second kappa shape index (κ2) is 9.19. The molecule has 0 amide bonds. The maximum Gasteiger partial charge on any atom is 0.261 e. The van der Waals surface area contributed by atoms with Gasteiger partial charge in [-0.15, -0.1) is 18.9 Å². The van der Waals surface area contributed by atoms with Crippen molar-refractivity contribution in [1.29, 1.82) is 0 Å². The molecule has 2 atom stereocenters. The quantitative estimate of drug-likeness (QED) is 0.429. The summed E-state index contributed by atoms with van der Waals surface area (Å²) < 4.78 is 6.98. The average Bonchev–Trinajstić information content (AvgIpc) is 2.66. The molecule has 0 saturated carbocycles. The van der Waals surface area contributed by atoms with Gasteiger partial charge in [-0.3, -0.25) is 0 Å². The Kier molecular flexibility index (Phi) is 7.21. The van der Waals surface area contributed by atoms with Crippen LogP contribution in [-0.4, -0.2) is 25.6 Å². The lowest BCUT2D eigenvalue weighted by Gasteiger charge is -2.45. The molecule has 3 heteroatoms. The summed E-state index contributed by atoms with van der Waals surface area (Å²) in [5.74, 6) is 2.73. The summed E-state index contributed by atoms with van der Waals surface area (Å²) in [4.78, 5) is 0. The first-order valence-electron chi connectivity index (χ1n) is 9.38. The van der Waals surface area contributed by atoms with Crippen molar-refractivity contribution in [1.82, 2.24) is 0 Å². The van der Waals surface area contributed by atoms with Crippen molar-refractivity contribution in [3.05, 3.63) is 73.3 Å². The average molecular weight is 379 g/mol. The van der Waals surface area contributed by atoms with Crippen LogP contribution in [0.25, 0.3) is 0 Å². The molecule has 2 aromatic carbocycles. The van der Waals surface area contributed by atoms with Crippen LogP contribution in [0.1, 0.15) is 33.6 Å². The third kappa shape index (κ3) is 4.78. The summed E-state index contributed by atoms with van der Waals surface area (Å²) in [6.45, 7) is 10.4. The molecule has 0 unspecified atom stereocenters. The smallest absolute Gasteiger partial charge is 0.261 e. The van der Waals surface area contributed by atoms with E-state index < -0.39 is 14.4 Å². The van der Waals surface area contributed by atoms with E-state index in [2.05, 4.69) is 81.8 Å². The second-order valence-electron chi connectivity index (χ2n) is 7.85. The SMILES string of the molecule is C#CC[C@H](C[C@H](O)C=C)O[Si](c1ccccc1)(c1ccccc1)C(C)(C)C. The number of terminal acetylenes is 1. The fourth-order valence-corrected chi connectivity index (χ4v) is 8.31. The van der Waals surface area contributed by atoms with Crippen LogP contribution in [0.3, 0.4) is 0 Å². The van der Waals surface area contributed by atoms with Crippen LogP contribution < -0.4 is 10.4 Å². The minimum Gasteiger partial charge on any atom is -0.403 e. The highest BCUT2D eigenvalue weighted by molar-refractivity contribution is 6.99. The van der Waals surface area contributed by atoms with Gasteiger partial charge in [-0.25, -0.2) is 0 Å². The number of aliphatic hydroxyl groups excluding tert-OH is 1. The van der Waals surface area contributed by atoms with E-state index in [-0.39, 0.29) is 11.1 Å². The molecule has 1 N–H and O–H groups in total.